The molecule has 0 amide bonds. The van der Waals surface area contributed by atoms with Gasteiger partial charge >= 0.3 is 83.6 Å². The van der Waals surface area contributed by atoms with Gasteiger partial charge < -0.3 is 71.4 Å². The lowest BCUT2D eigenvalue weighted by Crippen LogP contribution is -2.60. The molecule has 1 N–H and O–H groups in total. The summed E-state index contributed by atoms with van der Waals surface area (Å²) in [5, 5.41) is 10.5. The minimum atomic E-state index is -0.612. The number of hydrogen-bond donors (Lipinski definition) is 1. The van der Waals surface area contributed by atoms with Crippen LogP contribution in [0.1, 0.15) is 337 Å². The summed E-state index contributed by atoms with van der Waals surface area (Å²) in [5.41, 5.74) is -1.16. The molecule has 4 heterocycles. The van der Waals surface area contributed by atoms with Gasteiger partial charge in [0.2, 0.25) is 0 Å². The Morgan fingerprint density at radius 2 is 0.736 bits per heavy atom. The second-order valence-electron chi connectivity index (χ2n) is 49.5. The Morgan fingerprint density at radius 1 is 0.371 bits per heavy atom. The molecule has 0 aromatic carbocycles. The lowest BCUT2D eigenvalue weighted by atomic mass is 9.48. The molecule has 29 heteroatoms. The van der Waals surface area contributed by atoms with Crippen molar-refractivity contribution in [2.45, 2.75) is 402 Å². The molecule has 0 aromatic rings. The summed E-state index contributed by atoms with van der Waals surface area (Å²) < 4.78 is 75.3. The number of fused-ring (bicyclic) bond motifs is 12. The first-order valence-electron chi connectivity index (χ1n) is 52.6. The van der Waals surface area contributed by atoms with Crippen LogP contribution in [0.25, 0.3) is 0 Å². The average Bonchev–Trinajstić information content (AvgIpc) is 1.51. The highest BCUT2D eigenvalue weighted by atomic mass is 16.6. The topological polar surface area (TPSA) is 388 Å². The smallest absolute Gasteiger partial charge is 0.344 e. The van der Waals surface area contributed by atoms with Gasteiger partial charge in [0, 0.05) is 76.1 Å². The monoisotopic (exact) mass is 1960 g/mol. The van der Waals surface area contributed by atoms with Gasteiger partial charge in [0.15, 0.2) is 13.2 Å². The highest BCUT2D eigenvalue weighted by molar-refractivity contribution is 5.90. The van der Waals surface area contributed by atoms with Crippen molar-refractivity contribution in [3.63, 3.8) is 0 Å². The molecule has 0 aromatic heterocycles. The van der Waals surface area contributed by atoms with Crippen molar-refractivity contribution >= 4 is 83.6 Å². The third-order valence-electron chi connectivity index (χ3n) is 36.2. The number of aliphatic hydroxyl groups is 1. The summed E-state index contributed by atoms with van der Waals surface area (Å²) in [7, 11) is 0. The summed E-state index contributed by atoms with van der Waals surface area (Å²) in [6.45, 7) is 50.6. The zero-order valence-electron chi connectivity index (χ0n) is 87.0. The molecule has 0 spiro atoms. The fraction of sp³-hybridized carbons (Fsp3) is 0.802. The molecule has 4 saturated heterocycles. The van der Waals surface area contributed by atoms with E-state index < -0.39 is 52.5 Å². The van der Waals surface area contributed by atoms with Crippen LogP contribution in [0.4, 0.5) is 0 Å². The molecule has 0 radical (unpaired) electrons. The molecule has 22 rings (SSSR count). The van der Waals surface area contributed by atoms with Crippen LogP contribution < -0.4 is 0 Å². The minimum absolute atomic E-state index is 0.0283. The number of carbonyl (C=O) groups excluding carboxylic acids is 14. The Bertz CT molecular complexity index is 4710. The Morgan fingerprint density at radius 3 is 1.14 bits per heavy atom. The second kappa shape index (κ2) is 42.3. The maximum absolute atomic E-state index is 12.5. The van der Waals surface area contributed by atoms with E-state index in [2.05, 4.69) is 47.1 Å². The van der Waals surface area contributed by atoms with Crippen molar-refractivity contribution in [1.29, 1.82) is 0 Å². The van der Waals surface area contributed by atoms with E-state index in [1.165, 1.54) is 58.3 Å². The Balaban J connectivity index is 0.000000136. The van der Waals surface area contributed by atoms with E-state index in [9.17, 15) is 72.2 Å². The van der Waals surface area contributed by atoms with Crippen LogP contribution in [0, 0.1) is 134 Å². The minimum Gasteiger partial charge on any atom is -0.465 e. The maximum Gasteiger partial charge on any atom is 0.344 e. The molecule has 780 valence electrons. The van der Waals surface area contributed by atoms with Gasteiger partial charge in [-0.3, -0.25) is 38.4 Å². The van der Waals surface area contributed by atoms with Gasteiger partial charge in [-0.25, -0.2) is 28.8 Å². The molecule has 4 aliphatic heterocycles. The Labute approximate surface area is 828 Å². The maximum atomic E-state index is 12.5. The predicted molar refractivity (Wildman–Crippen MR) is 510 cm³/mol. The summed E-state index contributed by atoms with van der Waals surface area (Å²) in [6.07, 6.45) is 30.4. The van der Waals surface area contributed by atoms with Crippen LogP contribution in [0.2, 0.25) is 0 Å². The van der Waals surface area contributed by atoms with Crippen LogP contribution in [0.5, 0.6) is 0 Å². The highest BCUT2D eigenvalue weighted by Gasteiger charge is 2.68. The van der Waals surface area contributed by atoms with Crippen LogP contribution in [-0.2, 0) is 133 Å². The van der Waals surface area contributed by atoms with Crippen molar-refractivity contribution in [3.8, 4) is 0 Å². The number of carbonyl (C=O) groups is 14. The van der Waals surface area contributed by atoms with Crippen molar-refractivity contribution in [3.05, 3.63) is 48.6 Å². The average molecular weight is 1960 g/mol. The van der Waals surface area contributed by atoms with Gasteiger partial charge in [0.05, 0.1) is 64.1 Å². The molecule has 22 aliphatic rings. The normalized spacial score (nSPS) is 36.9. The molecule has 16 bridgehead atoms. The van der Waals surface area contributed by atoms with E-state index in [-0.39, 0.29) is 178 Å². The lowest BCUT2D eigenvalue weighted by Gasteiger charge is -2.60. The number of hydrogen-bond acceptors (Lipinski definition) is 29. The first-order chi connectivity index (χ1) is 65.4. The molecule has 24 unspecified atom stereocenters. The summed E-state index contributed by atoms with van der Waals surface area (Å²) in [6, 6.07) is 0. The molecule has 24 atom stereocenters. The summed E-state index contributed by atoms with van der Waals surface area (Å²) >= 11 is 0. The predicted octanol–water partition coefficient (Wildman–Crippen LogP) is 17.8. The standard InChI is InChI=1S/C17H24O6.C17H28O2.C15H18O6.C14H20O4.C14H20O3.C12H14O4.C12H22O2.C10H16O2/c1-4-17(2,3)16(20)22-8-13(18)23-12-6-9-5-10(12)14-11(9)7-21-15(14)19;1-5-15(2,3)14(18)19-17-9-12-6-13(10-17)8-16(4,7-12)11-17;1-7(2)14(17)20-6-12(16)21-11-4-8-3-9(11)13-10(8)5-19-15(13)18;1-4-14(2,3)13(16)18-10-7-5-8-9(6-7)12(15)17-11(8)10;1-9(2)12(15)17-14-6-10-3-11(7-14)5-13(16,4-10)8-14;1-5(2)11(13)15-9-6-3-7-8(4-6)12(14)16-10(7)9;1-5-11(2,3)10(13)14-12(4)8-6-7-9-12;1-8(2)9(11)12-10(3)6-4-5-7-10/h9-12,14H,4-8H2,1-3H3;12-13H,5-11H2,1-4H3;8-11,13H,1,3-6H2,2H3;7-11H,4-6H2,1-3H3;10-11,16H,1,3-8H2,2H3;6-10H,1,3-4H2,2H3;5-9H2,1-4H3;1,4-7H2,2-3H3. The van der Waals surface area contributed by atoms with Gasteiger partial charge in [0.1, 0.15) is 59.0 Å². The zero-order chi connectivity index (χ0) is 103. The zero-order valence-corrected chi connectivity index (χ0v) is 87.0. The molecule has 29 nitrogen and oxygen atoms in total. The van der Waals surface area contributed by atoms with Crippen molar-refractivity contribution in [2.24, 2.45) is 134 Å². The summed E-state index contributed by atoms with van der Waals surface area (Å²) in [4.78, 5) is 164. The van der Waals surface area contributed by atoms with Crippen LogP contribution >= 0.6 is 0 Å². The van der Waals surface area contributed by atoms with Crippen LogP contribution in [-0.4, -0.2) is 180 Å². The molecule has 140 heavy (non-hydrogen) atoms. The van der Waals surface area contributed by atoms with E-state index in [1.807, 2.05) is 69.2 Å². The van der Waals surface area contributed by atoms with E-state index in [1.54, 1.807) is 34.6 Å². The van der Waals surface area contributed by atoms with Gasteiger partial charge in [-0.15, -0.1) is 0 Å². The van der Waals surface area contributed by atoms with E-state index in [4.69, 9.17) is 66.3 Å². The summed E-state index contributed by atoms with van der Waals surface area (Å²) in [5.74, 6) is 1.56. The number of ether oxygens (including phenoxy) is 14. The largest absolute Gasteiger partial charge is 0.465 e. The first kappa shape index (κ1) is 109. The fourth-order valence-corrected chi connectivity index (χ4v) is 27.7. The molecule has 22 fully saturated rings. The Hall–Kier alpha value is -8.50. The second-order valence-corrected chi connectivity index (χ2v) is 49.5. The molecule has 18 saturated carbocycles. The Kier molecular flexibility index (Phi) is 32.8. The third kappa shape index (κ3) is 24.2. The van der Waals surface area contributed by atoms with Crippen LogP contribution in [0.3, 0.4) is 0 Å². The SMILES string of the molecule is C=C(C)C(=O)OC1(C)CCCC1.C=C(C)C(=O)OC12CC3CC(CC(O)(C3)C1)C2.C=C(C)C(=O)OC1C2CC3C(=O)OC1C3C2.C=C(C)C(=O)OCC(=O)OC1CC2CC1C1C(=O)OCC21.CCC(C)(C)C(=O)OC1(C)CCCC1.CCC(C)(C)C(=O)OC12CC3CC(CC(C)(C3)C1)C2.CCC(C)(C)C(=O)OC1C2CC3C(=O)OC1C3C2.CCC(C)(C)C(=O)OCC(=O)OC1CC2CC1C1C(=O)OCC21. The fourth-order valence-electron chi connectivity index (χ4n) is 27.7. The molecule has 18 aliphatic carbocycles. The van der Waals surface area contributed by atoms with Crippen LogP contribution in [0.15, 0.2) is 48.6 Å². The number of cyclic esters (lactones) is 2. The quantitative estimate of drug-likeness (QED) is 0.0533. The third-order valence-corrected chi connectivity index (χ3v) is 36.2. The number of esters is 14. The van der Waals surface area contributed by atoms with Crippen molar-refractivity contribution in [2.75, 3.05) is 26.4 Å². The van der Waals surface area contributed by atoms with Gasteiger partial charge in [0.25, 0.3) is 0 Å². The van der Waals surface area contributed by atoms with Gasteiger partial charge in [-0.1, -0.05) is 60.9 Å². The van der Waals surface area contributed by atoms with Crippen molar-refractivity contribution < 1.29 is 139 Å². The first-order valence-corrected chi connectivity index (χ1v) is 52.6. The molecular formula is C111H162O29. The molecular weight excluding hydrogens is 1800 g/mol. The van der Waals surface area contributed by atoms with Gasteiger partial charge in [-0.2, -0.15) is 0 Å². The van der Waals surface area contributed by atoms with E-state index in [0.717, 1.165) is 153 Å². The number of rotatable bonds is 24. The van der Waals surface area contributed by atoms with E-state index in [0.29, 0.717) is 101 Å². The van der Waals surface area contributed by atoms with Crippen molar-refractivity contribution in [1.82, 2.24) is 0 Å². The highest BCUT2D eigenvalue weighted by Crippen LogP contribution is 2.65. The lowest BCUT2D eigenvalue weighted by molar-refractivity contribution is -0.217. The van der Waals surface area contributed by atoms with E-state index >= 15 is 0 Å². The van der Waals surface area contributed by atoms with Gasteiger partial charge in [-0.05, 0) is 337 Å².